The summed E-state index contributed by atoms with van der Waals surface area (Å²) < 4.78 is 5.24. The van der Waals surface area contributed by atoms with Crippen LogP contribution in [0.25, 0.3) is 0 Å². The van der Waals surface area contributed by atoms with Gasteiger partial charge >= 0.3 is 12.0 Å². The van der Waals surface area contributed by atoms with Crippen molar-refractivity contribution in [2.45, 2.75) is 63.6 Å². The van der Waals surface area contributed by atoms with Gasteiger partial charge < -0.3 is 15.0 Å². The van der Waals surface area contributed by atoms with E-state index in [0.717, 1.165) is 29.7 Å². The maximum Gasteiger partial charge on any atom is 0.325 e. The number of carbonyl (C=O) groups excluding carboxylic acids is 4. The van der Waals surface area contributed by atoms with Crippen LogP contribution in [0.5, 0.6) is 0 Å². The molecule has 2 fully saturated rings. The second kappa shape index (κ2) is 9.28. The van der Waals surface area contributed by atoms with Gasteiger partial charge in [-0.05, 0) is 25.3 Å². The molecule has 1 unspecified atom stereocenters. The van der Waals surface area contributed by atoms with Crippen molar-refractivity contribution in [3.8, 4) is 0 Å². The van der Waals surface area contributed by atoms with Crippen molar-refractivity contribution in [1.82, 2.24) is 15.1 Å². The van der Waals surface area contributed by atoms with Crippen molar-refractivity contribution in [1.29, 1.82) is 0 Å². The first-order chi connectivity index (χ1) is 14.3. The first-order valence-electron chi connectivity index (χ1n) is 10.4. The minimum atomic E-state index is -0.945. The maximum atomic E-state index is 12.7. The quantitative estimate of drug-likeness (QED) is 0.544. The fourth-order valence-electron chi connectivity index (χ4n) is 4.13. The Kier molecular flexibility index (Phi) is 6.74. The second-order valence-corrected chi connectivity index (χ2v) is 8.09. The summed E-state index contributed by atoms with van der Waals surface area (Å²) in [6.45, 7) is 1.88. The summed E-state index contributed by atoms with van der Waals surface area (Å²) in [5.74, 6) is -1.19. The van der Waals surface area contributed by atoms with Crippen molar-refractivity contribution in [2.24, 2.45) is 0 Å². The van der Waals surface area contributed by atoms with Crippen LogP contribution >= 0.6 is 0 Å². The number of carbonyl (C=O) groups is 4. The third-order valence-corrected chi connectivity index (χ3v) is 5.79. The number of hydrogen-bond acceptors (Lipinski definition) is 5. The van der Waals surface area contributed by atoms with Crippen LogP contribution in [0.2, 0.25) is 0 Å². The van der Waals surface area contributed by atoms with Crippen LogP contribution in [-0.2, 0) is 25.7 Å². The monoisotopic (exact) mass is 415 g/mol. The number of amides is 4. The predicted octanol–water partition coefficient (Wildman–Crippen LogP) is 2.22. The first-order valence-corrected chi connectivity index (χ1v) is 10.4. The van der Waals surface area contributed by atoms with Crippen LogP contribution in [0.1, 0.15) is 51.0 Å². The van der Waals surface area contributed by atoms with Gasteiger partial charge in [-0.15, -0.1) is 0 Å². The molecule has 30 heavy (non-hydrogen) atoms. The summed E-state index contributed by atoms with van der Waals surface area (Å²) in [5, 5.41) is 2.81. The Balaban J connectivity index is 1.47. The summed E-state index contributed by atoms with van der Waals surface area (Å²) in [5.41, 5.74) is 0.171. The highest BCUT2D eigenvalue weighted by molar-refractivity contribution is 6.07. The van der Waals surface area contributed by atoms with Crippen LogP contribution in [0, 0.1) is 0 Å². The van der Waals surface area contributed by atoms with Crippen LogP contribution in [-0.4, -0.2) is 58.8 Å². The zero-order valence-electron chi connectivity index (χ0n) is 17.6. The molecule has 0 bridgehead atoms. The van der Waals surface area contributed by atoms with Crippen molar-refractivity contribution in [2.75, 3.05) is 13.6 Å². The molecular weight excluding hydrogens is 386 g/mol. The van der Waals surface area contributed by atoms with Crippen LogP contribution in [0.4, 0.5) is 4.79 Å². The molecule has 1 saturated heterocycles. The number of benzene rings is 1. The second-order valence-electron chi connectivity index (χ2n) is 8.09. The largest absolute Gasteiger partial charge is 0.452 e. The predicted molar refractivity (Wildman–Crippen MR) is 109 cm³/mol. The van der Waals surface area contributed by atoms with E-state index in [2.05, 4.69) is 5.32 Å². The third-order valence-electron chi connectivity index (χ3n) is 5.79. The molecule has 1 atom stereocenters. The molecule has 1 spiro atoms. The van der Waals surface area contributed by atoms with E-state index < -0.39 is 23.6 Å². The number of nitrogens with one attached hydrogen (secondary N) is 1. The summed E-state index contributed by atoms with van der Waals surface area (Å²) in [4.78, 5) is 52.3. The Bertz CT molecular complexity index is 804. The number of urea groups is 1. The Morgan fingerprint density at radius 2 is 1.83 bits per heavy atom. The number of nitrogens with zero attached hydrogens (tertiary/aromatic N) is 2. The minimum Gasteiger partial charge on any atom is -0.452 e. The molecule has 1 aliphatic heterocycles. The Morgan fingerprint density at radius 1 is 1.17 bits per heavy atom. The van der Waals surface area contributed by atoms with E-state index in [-0.39, 0.29) is 24.8 Å². The number of likely N-dealkylation sites (N-methyl/N-ethyl adjacent to an activating group) is 1. The highest BCUT2D eigenvalue weighted by Crippen LogP contribution is 2.33. The summed E-state index contributed by atoms with van der Waals surface area (Å²) in [6, 6.07) is 9.06. The fraction of sp³-hybridized carbons (Fsp3) is 0.545. The van der Waals surface area contributed by atoms with Gasteiger partial charge in [0.05, 0.1) is 6.42 Å². The van der Waals surface area contributed by atoms with Crippen molar-refractivity contribution < 1.29 is 23.9 Å². The molecule has 2 aliphatic rings. The molecule has 1 aromatic carbocycles. The highest BCUT2D eigenvalue weighted by Gasteiger charge is 2.51. The van der Waals surface area contributed by atoms with E-state index in [1.165, 1.54) is 11.8 Å². The number of imide groups is 1. The van der Waals surface area contributed by atoms with Crippen LogP contribution in [0.15, 0.2) is 30.3 Å². The molecule has 4 amide bonds. The average molecular weight is 415 g/mol. The van der Waals surface area contributed by atoms with Gasteiger partial charge in [0.15, 0.2) is 6.10 Å². The van der Waals surface area contributed by atoms with Gasteiger partial charge in [-0.3, -0.25) is 19.3 Å². The number of rotatable bonds is 7. The normalized spacial score (nSPS) is 18.8. The van der Waals surface area contributed by atoms with E-state index in [4.69, 9.17) is 4.74 Å². The maximum absolute atomic E-state index is 12.7. The molecule has 1 N–H and O–H groups in total. The molecule has 0 radical (unpaired) electrons. The van der Waals surface area contributed by atoms with Gasteiger partial charge in [0.25, 0.3) is 11.8 Å². The Morgan fingerprint density at radius 3 is 2.50 bits per heavy atom. The zero-order chi connectivity index (χ0) is 21.7. The molecule has 1 saturated carbocycles. The van der Waals surface area contributed by atoms with Gasteiger partial charge in [0.2, 0.25) is 0 Å². The zero-order valence-corrected chi connectivity index (χ0v) is 17.6. The molecular formula is C22H29N3O5. The van der Waals surface area contributed by atoms with Gasteiger partial charge in [0, 0.05) is 20.1 Å². The molecule has 0 aromatic heterocycles. The van der Waals surface area contributed by atoms with Crippen LogP contribution in [0.3, 0.4) is 0 Å². The minimum absolute atomic E-state index is 0.0496. The fourth-order valence-corrected chi connectivity index (χ4v) is 4.13. The van der Waals surface area contributed by atoms with E-state index in [1.807, 2.05) is 30.3 Å². The molecule has 3 rings (SSSR count). The van der Waals surface area contributed by atoms with E-state index in [9.17, 15) is 19.2 Å². The van der Waals surface area contributed by atoms with E-state index in [0.29, 0.717) is 19.4 Å². The van der Waals surface area contributed by atoms with Gasteiger partial charge in [-0.25, -0.2) is 4.79 Å². The molecule has 162 valence electrons. The number of esters is 1. The standard InChI is InChI=1S/C22H29N3O5/c1-16(19(27)24(2)15-17-9-5-3-6-10-17)30-18(26)11-14-25-20(28)22(23-21(25)29)12-7-4-8-13-22/h3,5-6,9-10,16H,4,7-8,11-15H2,1-2H3,(H,23,29). The SMILES string of the molecule is CC(OC(=O)CCN1C(=O)NC2(CCCCC2)C1=O)C(=O)N(C)Cc1ccccc1. The lowest BCUT2D eigenvalue weighted by Crippen LogP contribution is -2.48. The Hall–Kier alpha value is -2.90. The Labute approximate surface area is 176 Å². The van der Waals surface area contributed by atoms with Gasteiger partial charge in [-0.1, -0.05) is 49.6 Å². The number of hydrogen-bond donors (Lipinski definition) is 1. The van der Waals surface area contributed by atoms with Crippen molar-refractivity contribution in [3.05, 3.63) is 35.9 Å². The smallest absolute Gasteiger partial charge is 0.325 e. The van der Waals surface area contributed by atoms with Crippen molar-refractivity contribution >= 4 is 23.8 Å². The van der Waals surface area contributed by atoms with Gasteiger partial charge in [-0.2, -0.15) is 0 Å². The molecule has 1 heterocycles. The number of ether oxygens (including phenoxy) is 1. The average Bonchev–Trinajstić information content (AvgIpc) is 2.96. The van der Waals surface area contributed by atoms with E-state index in [1.54, 1.807) is 7.05 Å². The van der Waals surface area contributed by atoms with Crippen molar-refractivity contribution in [3.63, 3.8) is 0 Å². The lowest BCUT2D eigenvalue weighted by Gasteiger charge is -2.30. The lowest BCUT2D eigenvalue weighted by atomic mass is 9.82. The topological polar surface area (TPSA) is 96.0 Å². The summed E-state index contributed by atoms with van der Waals surface area (Å²) in [6.07, 6.45) is 3.04. The van der Waals surface area contributed by atoms with Crippen LogP contribution < -0.4 is 5.32 Å². The van der Waals surface area contributed by atoms with Gasteiger partial charge in [0.1, 0.15) is 5.54 Å². The van der Waals surface area contributed by atoms with E-state index >= 15 is 0 Å². The molecule has 8 nitrogen and oxygen atoms in total. The molecule has 1 aliphatic carbocycles. The lowest BCUT2D eigenvalue weighted by molar-refractivity contribution is -0.159. The highest BCUT2D eigenvalue weighted by atomic mass is 16.5. The summed E-state index contributed by atoms with van der Waals surface area (Å²) >= 11 is 0. The molecule has 8 heteroatoms. The first kappa shape index (κ1) is 21.8. The summed E-state index contributed by atoms with van der Waals surface area (Å²) in [7, 11) is 1.65. The third kappa shape index (κ3) is 4.80. The molecule has 1 aromatic rings.